The second kappa shape index (κ2) is 9.50. The molecule has 0 spiro atoms. The number of H-pyrrole nitrogens is 1. The Morgan fingerprint density at radius 1 is 1.26 bits per heavy atom. The molecule has 4 rings (SSSR count). The van der Waals surface area contributed by atoms with Crippen molar-refractivity contribution < 1.29 is 23.0 Å². The Hall–Kier alpha value is -3.95. The Bertz CT molecular complexity index is 1270. The Kier molecular flexibility index (Phi) is 6.49. The van der Waals surface area contributed by atoms with Crippen LogP contribution in [0.25, 0.3) is 16.6 Å². The normalized spacial score (nSPS) is 14.6. The van der Waals surface area contributed by atoms with Crippen molar-refractivity contribution >= 4 is 28.7 Å². The van der Waals surface area contributed by atoms with Crippen LogP contribution >= 0.6 is 0 Å². The number of hydrogen-bond donors (Lipinski definition) is 2. The lowest BCUT2D eigenvalue weighted by Crippen LogP contribution is -2.51. The van der Waals surface area contributed by atoms with E-state index >= 15 is 0 Å². The maximum Gasteiger partial charge on any atom is 0.219 e. The average molecular weight is 469 g/mol. The van der Waals surface area contributed by atoms with E-state index in [0.29, 0.717) is 40.8 Å². The summed E-state index contributed by atoms with van der Waals surface area (Å²) in [6.07, 6.45) is 6.34. The number of ether oxygens (including phenoxy) is 2. The first-order chi connectivity index (χ1) is 16.4. The van der Waals surface area contributed by atoms with Crippen molar-refractivity contribution in [2.24, 2.45) is 10.7 Å². The summed E-state index contributed by atoms with van der Waals surface area (Å²) >= 11 is 0. The highest BCUT2D eigenvalue weighted by Gasteiger charge is 2.27. The number of benzene rings is 1. The molecule has 1 amide bonds. The third-order valence-corrected chi connectivity index (χ3v) is 5.89. The largest absolute Gasteiger partial charge is 0.494 e. The summed E-state index contributed by atoms with van der Waals surface area (Å²) in [5, 5.41) is 0.692. The van der Waals surface area contributed by atoms with Crippen LogP contribution in [0.2, 0.25) is 0 Å². The first-order valence-corrected chi connectivity index (χ1v) is 10.6. The Morgan fingerprint density at radius 3 is 2.53 bits per heavy atom. The molecule has 1 saturated heterocycles. The molecule has 2 aromatic heterocycles. The van der Waals surface area contributed by atoms with E-state index in [4.69, 9.17) is 15.2 Å². The van der Waals surface area contributed by atoms with Crippen LogP contribution in [0.5, 0.6) is 11.5 Å². The minimum absolute atomic E-state index is 0.0207. The number of carbonyl (C=O) groups is 1. The zero-order chi connectivity index (χ0) is 24.4. The minimum Gasteiger partial charge on any atom is -0.494 e. The van der Waals surface area contributed by atoms with Crippen LogP contribution < -0.4 is 15.2 Å². The molecule has 10 heteroatoms. The molecular formula is C24H25F2N5O3. The minimum atomic E-state index is -0.783. The summed E-state index contributed by atoms with van der Waals surface area (Å²) in [4.78, 5) is 25.0. The first kappa shape index (κ1) is 23.2. The van der Waals surface area contributed by atoms with Gasteiger partial charge >= 0.3 is 0 Å². The van der Waals surface area contributed by atoms with E-state index < -0.39 is 11.6 Å². The molecule has 3 aromatic rings. The zero-order valence-electron chi connectivity index (χ0n) is 19.1. The van der Waals surface area contributed by atoms with Crippen molar-refractivity contribution in [3.63, 3.8) is 0 Å². The van der Waals surface area contributed by atoms with E-state index in [1.54, 1.807) is 23.5 Å². The van der Waals surface area contributed by atoms with Crippen molar-refractivity contribution in [3.05, 3.63) is 59.1 Å². The number of methoxy groups -OCH3 is 2. The third kappa shape index (κ3) is 4.30. The van der Waals surface area contributed by atoms with Gasteiger partial charge in [-0.15, -0.1) is 0 Å². The van der Waals surface area contributed by atoms with Crippen LogP contribution in [0.3, 0.4) is 0 Å². The standard InChI is InChI=1S/C24H25F2N5O3/c1-13(32)31-11-17(12-31)28-10-16(7-27)14-4-18-15(9-30-24(18)29-8-14)5-19-22(25)20(33-2)6-21(34-3)23(19)26/h4,6-10,17H,5,11-12,27H2,1-3H3,(H,29,30). The van der Waals surface area contributed by atoms with Crippen LogP contribution in [0.1, 0.15) is 23.6 Å². The molecule has 0 unspecified atom stereocenters. The molecule has 3 heterocycles. The van der Waals surface area contributed by atoms with E-state index in [1.165, 1.54) is 33.4 Å². The van der Waals surface area contributed by atoms with Gasteiger partial charge in [-0.2, -0.15) is 0 Å². The summed E-state index contributed by atoms with van der Waals surface area (Å²) in [5.74, 6) is -1.74. The number of aromatic amines is 1. The molecule has 1 aromatic carbocycles. The smallest absolute Gasteiger partial charge is 0.219 e. The van der Waals surface area contributed by atoms with E-state index in [1.807, 2.05) is 6.07 Å². The highest BCUT2D eigenvalue weighted by Crippen LogP contribution is 2.34. The van der Waals surface area contributed by atoms with E-state index in [0.717, 1.165) is 0 Å². The summed E-state index contributed by atoms with van der Waals surface area (Å²) in [7, 11) is 2.62. The molecule has 34 heavy (non-hydrogen) atoms. The number of allylic oxidation sites excluding steroid dienone is 1. The number of halogens is 2. The van der Waals surface area contributed by atoms with E-state index in [2.05, 4.69) is 15.0 Å². The topological polar surface area (TPSA) is 106 Å². The van der Waals surface area contributed by atoms with E-state index in [-0.39, 0.29) is 35.4 Å². The zero-order valence-corrected chi connectivity index (χ0v) is 19.1. The van der Waals surface area contributed by atoms with Crippen LogP contribution in [-0.2, 0) is 11.2 Å². The van der Waals surface area contributed by atoms with Gasteiger partial charge in [0.1, 0.15) is 5.65 Å². The second-order valence-electron chi connectivity index (χ2n) is 7.98. The number of nitrogens with zero attached hydrogens (tertiary/aromatic N) is 3. The van der Waals surface area contributed by atoms with Gasteiger partial charge in [0.25, 0.3) is 0 Å². The summed E-state index contributed by atoms with van der Waals surface area (Å²) in [6, 6.07) is 3.04. The highest BCUT2D eigenvalue weighted by molar-refractivity contribution is 6.10. The summed E-state index contributed by atoms with van der Waals surface area (Å²) < 4.78 is 39.8. The quantitative estimate of drug-likeness (QED) is 0.518. The van der Waals surface area contributed by atoms with Gasteiger partial charge in [-0.25, -0.2) is 13.8 Å². The lowest BCUT2D eigenvalue weighted by molar-refractivity contribution is -0.132. The lowest BCUT2D eigenvalue weighted by Gasteiger charge is -2.36. The van der Waals surface area contributed by atoms with Gasteiger partial charge in [0.2, 0.25) is 5.91 Å². The van der Waals surface area contributed by atoms with E-state index in [9.17, 15) is 13.6 Å². The Balaban J connectivity index is 1.63. The fraction of sp³-hybridized carbons (Fsp3) is 0.292. The fourth-order valence-corrected chi connectivity index (χ4v) is 3.85. The molecule has 0 aliphatic carbocycles. The van der Waals surface area contributed by atoms with Crippen LogP contribution in [0, 0.1) is 11.6 Å². The third-order valence-electron chi connectivity index (χ3n) is 5.89. The molecule has 1 aliphatic rings. The van der Waals surface area contributed by atoms with Gasteiger partial charge in [-0.05, 0) is 11.6 Å². The van der Waals surface area contributed by atoms with Gasteiger partial charge in [0, 0.05) is 79.4 Å². The predicted octanol–water partition coefficient (Wildman–Crippen LogP) is 3.05. The maximum absolute atomic E-state index is 14.9. The molecule has 0 atom stereocenters. The summed E-state index contributed by atoms with van der Waals surface area (Å²) in [6.45, 7) is 2.67. The number of pyridine rings is 1. The molecule has 178 valence electrons. The SMILES string of the molecule is COc1cc(OC)c(F)c(Cc2c[nH]c3ncc(C(C=NC4CN(C(C)=O)C4)=CN)cc23)c1F. The summed E-state index contributed by atoms with van der Waals surface area (Å²) in [5.41, 5.74) is 8.21. The highest BCUT2D eigenvalue weighted by atomic mass is 19.1. The molecular weight excluding hydrogens is 444 g/mol. The van der Waals surface area contributed by atoms with Crippen molar-refractivity contribution in [2.45, 2.75) is 19.4 Å². The molecule has 0 bridgehead atoms. The van der Waals surface area contributed by atoms with Gasteiger partial charge < -0.3 is 25.1 Å². The molecule has 1 fully saturated rings. The van der Waals surface area contributed by atoms with Crippen LogP contribution in [0.15, 0.2) is 35.7 Å². The average Bonchev–Trinajstić information content (AvgIpc) is 3.20. The number of rotatable bonds is 7. The van der Waals surface area contributed by atoms with Crippen LogP contribution in [0.4, 0.5) is 8.78 Å². The first-order valence-electron chi connectivity index (χ1n) is 10.6. The molecule has 8 nitrogen and oxygen atoms in total. The molecule has 0 saturated carbocycles. The van der Waals surface area contributed by atoms with Crippen molar-refractivity contribution in [1.29, 1.82) is 0 Å². The van der Waals surface area contributed by atoms with Gasteiger partial charge in [0.15, 0.2) is 23.1 Å². The number of aliphatic imine (C=N–C) groups is 1. The number of amides is 1. The number of likely N-dealkylation sites (tertiary alicyclic amines) is 1. The monoisotopic (exact) mass is 469 g/mol. The maximum atomic E-state index is 14.9. The number of nitrogens with one attached hydrogen (secondary N) is 1. The Labute approximate surface area is 195 Å². The van der Waals surface area contributed by atoms with Gasteiger partial charge in [-0.1, -0.05) is 0 Å². The molecule has 1 aliphatic heterocycles. The predicted molar refractivity (Wildman–Crippen MR) is 125 cm³/mol. The van der Waals surface area contributed by atoms with Crippen molar-refractivity contribution in [3.8, 4) is 11.5 Å². The van der Waals surface area contributed by atoms with Crippen molar-refractivity contribution in [1.82, 2.24) is 14.9 Å². The fourth-order valence-electron chi connectivity index (χ4n) is 3.85. The number of aromatic nitrogens is 2. The van der Waals surface area contributed by atoms with Crippen LogP contribution in [-0.4, -0.2) is 60.3 Å². The second-order valence-corrected chi connectivity index (χ2v) is 7.98. The van der Waals surface area contributed by atoms with Gasteiger partial charge in [0.05, 0.1) is 20.3 Å². The Morgan fingerprint density at radius 2 is 1.94 bits per heavy atom. The van der Waals surface area contributed by atoms with Gasteiger partial charge in [-0.3, -0.25) is 9.79 Å². The molecule has 3 N–H and O–H groups in total. The number of fused-ring (bicyclic) bond motifs is 1. The number of nitrogens with two attached hydrogens (primary N) is 1. The molecule has 0 radical (unpaired) electrons. The lowest BCUT2D eigenvalue weighted by atomic mass is 10.0. The number of carbonyl (C=O) groups excluding carboxylic acids is 1. The number of hydrogen-bond acceptors (Lipinski definition) is 6. The van der Waals surface area contributed by atoms with Crippen molar-refractivity contribution in [2.75, 3.05) is 27.3 Å².